The van der Waals surface area contributed by atoms with Crippen LogP contribution in [0.15, 0.2) is 0 Å². The molecule has 100 valence electrons. The van der Waals surface area contributed by atoms with Crippen LogP contribution in [-0.2, 0) is 0 Å². The summed E-state index contributed by atoms with van der Waals surface area (Å²) < 4.78 is 0. The molecule has 0 spiro atoms. The number of likely N-dealkylation sites (tertiary alicyclic amines) is 1. The van der Waals surface area contributed by atoms with E-state index in [1.807, 2.05) is 11.8 Å². The van der Waals surface area contributed by atoms with E-state index in [-0.39, 0.29) is 0 Å². The molecule has 2 aliphatic rings. The van der Waals surface area contributed by atoms with Gasteiger partial charge in [0.1, 0.15) is 0 Å². The third-order valence-electron chi connectivity index (χ3n) is 4.42. The predicted octanol–water partition coefficient (Wildman–Crippen LogP) is 1.24. The molecule has 2 saturated heterocycles. The Morgan fingerprint density at radius 1 is 1.29 bits per heavy atom. The minimum atomic E-state index is 0.365. The minimum Gasteiger partial charge on any atom is -0.327 e. The Morgan fingerprint density at radius 3 is 2.82 bits per heavy atom. The first-order chi connectivity index (χ1) is 8.20. The van der Waals surface area contributed by atoms with Crippen molar-refractivity contribution in [1.29, 1.82) is 0 Å². The molecular formula is C13H27N3S. The zero-order valence-corrected chi connectivity index (χ0v) is 12.1. The van der Waals surface area contributed by atoms with Gasteiger partial charge in [-0.3, -0.25) is 4.90 Å². The van der Waals surface area contributed by atoms with Gasteiger partial charge < -0.3 is 10.6 Å². The lowest BCUT2D eigenvalue weighted by atomic mass is 10.1. The number of nitrogens with two attached hydrogens (primary N) is 1. The van der Waals surface area contributed by atoms with E-state index in [9.17, 15) is 0 Å². The SMILES string of the molecule is CSCC[C@H](N)CN1CCC2CCC(C1)N2C. The molecule has 0 aromatic heterocycles. The van der Waals surface area contributed by atoms with Crippen LogP contribution in [-0.4, -0.2) is 66.6 Å². The van der Waals surface area contributed by atoms with E-state index in [0.29, 0.717) is 6.04 Å². The molecule has 0 aromatic rings. The number of thioether (sulfide) groups is 1. The Kier molecular flexibility index (Phi) is 5.15. The fourth-order valence-electron chi connectivity index (χ4n) is 3.24. The third kappa shape index (κ3) is 3.60. The highest BCUT2D eigenvalue weighted by Gasteiger charge is 2.34. The van der Waals surface area contributed by atoms with Crippen LogP contribution in [0, 0.1) is 0 Å². The van der Waals surface area contributed by atoms with Gasteiger partial charge in [0.25, 0.3) is 0 Å². The van der Waals surface area contributed by atoms with Gasteiger partial charge in [-0.05, 0) is 51.3 Å². The molecule has 3 nitrogen and oxygen atoms in total. The molecule has 2 fully saturated rings. The number of hydrogen-bond acceptors (Lipinski definition) is 4. The number of likely N-dealkylation sites (N-methyl/N-ethyl adjacent to an activating group) is 1. The van der Waals surface area contributed by atoms with E-state index in [1.165, 1.54) is 38.1 Å². The van der Waals surface area contributed by atoms with Crippen LogP contribution in [0.4, 0.5) is 0 Å². The summed E-state index contributed by atoms with van der Waals surface area (Å²) in [7, 11) is 2.31. The van der Waals surface area contributed by atoms with E-state index < -0.39 is 0 Å². The van der Waals surface area contributed by atoms with Crippen LogP contribution in [0.25, 0.3) is 0 Å². The second-order valence-corrected chi connectivity index (χ2v) is 6.63. The molecule has 4 heteroatoms. The number of nitrogens with zero attached hydrogens (tertiary/aromatic N) is 2. The lowest BCUT2D eigenvalue weighted by molar-refractivity contribution is 0.211. The Bertz CT molecular complexity index is 237. The smallest absolute Gasteiger partial charge is 0.0223 e. The van der Waals surface area contributed by atoms with Gasteiger partial charge in [-0.15, -0.1) is 0 Å². The van der Waals surface area contributed by atoms with Crippen molar-refractivity contribution in [3.05, 3.63) is 0 Å². The van der Waals surface area contributed by atoms with E-state index in [1.54, 1.807) is 0 Å². The van der Waals surface area contributed by atoms with E-state index in [4.69, 9.17) is 5.73 Å². The summed E-state index contributed by atoms with van der Waals surface area (Å²) in [5.41, 5.74) is 6.21. The van der Waals surface area contributed by atoms with Gasteiger partial charge in [-0.1, -0.05) is 0 Å². The highest BCUT2D eigenvalue weighted by atomic mass is 32.2. The highest BCUT2D eigenvalue weighted by molar-refractivity contribution is 7.98. The molecular weight excluding hydrogens is 230 g/mol. The largest absolute Gasteiger partial charge is 0.327 e. The first-order valence-electron chi connectivity index (χ1n) is 6.89. The van der Waals surface area contributed by atoms with Crippen molar-refractivity contribution in [2.75, 3.05) is 38.7 Å². The molecule has 0 saturated carbocycles. The fraction of sp³-hybridized carbons (Fsp3) is 1.00. The summed E-state index contributed by atoms with van der Waals surface area (Å²) in [5, 5.41) is 0. The zero-order valence-electron chi connectivity index (χ0n) is 11.3. The predicted molar refractivity (Wildman–Crippen MR) is 76.6 cm³/mol. The van der Waals surface area contributed by atoms with Crippen molar-refractivity contribution in [3.8, 4) is 0 Å². The van der Waals surface area contributed by atoms with E-state index in [0.717, 1.165) is 25.0 Å². The van der Waals surface area contributed by atoms with Gasteiger partial charge in [0.2, 0.25) is 0 Å². The number of hydrogen-bond donors (Lipinski definition) is 1. The van der Waals surface area contributed by atoms with Crippen LogP contribution in [0.3, 0.4) is 0 Å². The Labute approximate surface area is 110 Å². The Morgan fingerprint density at radius 2 is 2.06 bits per heavy atom. The molecule has 2 bridgehead atoms. The average molecular weight is 257 g/mol. The minimum absolute atomic E-state index is 0.365. The van der Waals surface area contributed by atoms with Crippen molar-refractivity contribution < 1.29 is 0 Å². The average Bonchev–Trinajstić information content (AvgIpc) is 2.55. The summed E-state index contributed by atoms with van der Waals surface area (Å²) in [6.07, 6.45) is 7.45. The quantitative estimate of drug-likeness (QED) is 0.803. The van der Waals surface area contributed by atoms with Crippen molar-refractivity contribution in [3.63, 3.8) is 0 Å². The molecule has 3 atom stereocenters. The van der Waals surface area contributed by atoms with Gasteiger partial charge in [0.15, 0.2) is 0 Å². The molecule has 2 aliphatic heterocycles. The fourth-order valence-corrected chi connectivity index (χ4v) is 3.78. The van der Waals surface area contributed by atoms with Crippen molar-refractivity contribution >= 4 is 11.8 Å². The maximum Gasteiger partial charge on any atom is 0.0223 e. The van der Waals surface area contributed by atoms with Gasteiger partial charge in [-0.25, -0.2) is 0 Å². The lowest BCUT2D eigenvalue weighted by Gasteiger charge is -2.27. The normalized spacial score (nSPS) is 32.6. The maximum atomic E-state index is 6.21. The van der Waals surface area contributed by atoms with E-state index in [2.05, 4.69) is 23.1 Å². The standard InChI is InChI=1S/C13H27N3S/c1-15-12-3-4-13(15)10-16(7-5-12)9-11(14)6-8-17-2/h11-13H,3-10,14H2,1-2H3/t11-,12?,13?/m0/s1. The molecule has 2 rings (SSSR count). The van der Waals surface area contributed by atoms with Crippen molar-refractivity contribution in [2.45, 2.75) is 43.8 Å². The highest BCUT2D eigenvalue weighted by Crippen LogP contribution is 2.28. The summed E-state index contributed by atoms with van der Waals surface area (Å²) >= 11 is 1.90. The molecule has 2 heterocycles. The van der Waals surface area contributed by atoms with Crippen molar-refractivity contribution in [1.82, 2.24) is 9.80 Å². The maximum absolute atomic E-state index is 6.21. The second kappa shape index (κ2) is 6.41. The zero-order chi connectivity index (χ0) is 12.3. The first-order valence-corrected chi connectivity index (χ1v) is 8.29. The van der Waals surface area contributed by atoms with Crippen LogP contribution in [0.5, 0.6) is 0 Å². The van der Waals surface area contributed by atoms with Gasteiger partial charge in [0.05, 0.1) is 0 Å². The second-order valence-electron chi connectivity index (χ2n) is 5.64. The molecule has 0 aromatic carbocycles. The summed E-state index contributed by atoms with van der Waals surface area (Å²) in [6.45, 7) is 3.58. The third-order valence-corrected chi connectivity index (χ3v) is 5.06. The molecule has 17 heavy (non-hydrogen) atoms. The van der Waals surface area contributed by atoms with Crippen LogP contribution >= 0.6 is 11.8 Å². The van der Waals surface area contributed by atoms with Crippen LogP contribution < -0.4 is 5.73 Å². The molecule has 0 amide bonds. The topological polar surface area (TPSA) is 32.5 Å². The van der Waals surface area contributed by atoms with Gasteiger partial charge in [0, 0.05) is 31.2 Å². The summed E-state index contributed by atoms with van der Waals surface area (Å²) in [6, 6.07) is 1.99. The van der Waals surface area contributed by atoms with Crippen LogP contribution in [0.2, 0.25) is 0 Å². The summed E-state index contributed by atoms with van der Waals surface area (Å²) in [5.74, 6) is 1.20. The lowest BCUT2D eigenvalue weighted by Crippen LogP contribution is -2.42. The van der Waals surface area contributed by atoms with Crippen molar-refractivity contribution in [2.24, 2.45) is 5.73 Å². The molecule has 2 N–H and O–H groups in total. The number of fused-ring (bicyclic) bond motifs is 2. The summed E-state index contributed by atoms with van der Waals surface area (Å²) in [4.78, 5) is 5.21. The number of rotatable bonds is 5. The molecule has 0 radical (unpaired) electrons. The van der Waals surface area contributed by atoms with Gasteiger partial charge >= 0.3 is 0 Å². The Balaban J connectivity index is 1.78. The monoisotopic (exact) mass is 257 g/mol. The van der Waals surface area contributed by atoms with Gasteiger partial charge in [-0.2, -0.15) is 11.8 Å². The molecule has 2 unspecified atom stereocenters. The van der Waals surface area contributed by atoms with E-state index >= 15 is 0 Å². The molecule has 0 aliphatic carbocycles. The first kappa shape index (κ1) is 13.7. The Hall–Kier alpha value is 0.230. The van der Waals surface area contributed by atoms with Crippen LogP contribution in [0.1, 0.15) is 25.7 Å².